The van der Waals surface area contributed by atoms with Crippen molar-refractivity contribution in [3.63, 3.8) is 0 Å². The van der Waals surface area contributed by atoms with E-state index in [1.54, 1.807) is 0 Å². The van der Waals surface area contributed by atoms with E-state index in [4.69, 9.17) is 14.6 Å². The van der Waals surface area contributed by atoms with E-state index in [0.717, 1.165) is 45.4 Å². The molecule has 0 aromatic carbocycles. The maximum absolute atomic E-state index is 12.9. The van der Waals surface area contributed by atoms with Crippen LogP contribution in [0.5, 0.6) is 0 Å². The summed E-state index contributed by atoms with van der Waals surface area (Å²) in [6.45, 7) is 10.5. The van der Waals surface area contributed by atoms with Crippen molar-refractivity contribution in [2.75, 3.05) is 46.4 Å². The molecule has 0 aromatic heterocycles. The van der Waals surface area contributed by atoms with E-state index >= 15 is 0 Å². The number of amides is 1. The van der Waals surface area contributed by atoms with E-state index in [-0.39, 0.29) is 30.1 Å². The number of ether oxygens (including phenoxy) is 2. The number of allylic oxidation sites excluding steroid dienone is 1. The number of rotatable bonds is 6. The van der Waals surface area contributed by atoms with Crippen LogP contribution in [-0.2, 0) is 14.3 Å². The highest BCUT2D eigenvalue weighted by Gasteiger charge is 2.35. The van der Waals surface area contributed by atoms with Crippen LogP contribution in [0.15, 0.2) is 11.8 Å². The molecule has 1 fully saturated rings. The van der Waals surface area contributed by atoms with Crippen LogP contribution in [0.4, 0.5) is 0 Å². The van der Waals surface area contributed by atoms with Gasteiger partial charge in [-0.3, -0.25) is 4.79 Å². The van der Waals surface area contributed by atoms with Crippen molar-refractivity contribution in [1.82, 2.24) is 9.80 Å². The van der Waals surface area contributed by atoms with E-state index < -0.39 is 0 Å². The van der Waals surface area contributed by atoms with Gasteiger partial charge in [0.25, 0.3) is 5.91 Å². The molecular formula is C19H34N2O4. The number of piperazine rings is 1. The van der Waals surface area contributed by atoms with Gasteiger partial charge in [-0.25, -0.2) is 0 Å². The Hall–Kier alpha value is -1.11. The summed E-state index contributed by atoms with van der Waals surface area (Å²) in [5, 5.41) is 8.88. The topological polar surface area (TPSA) is 62.2 Å². The molecule has 0 spiro atoms. The summed E-state index contributed by atoms with van der Waals surface area (Å²) < 4.78 is 11.7. The molecule has 6 heteroatoms. The van der Waals surface area contributed by atoms with Gasteiger partial charge in [0.05, 0.1) is 6.61 Å². The Morgan fingerprint density at radius 3 is 2.56 bits per heavy atom. The molecule has 144 valence electrons. The van der Waals surface area contributed by atoms with Crippen molar-refractivity contribution in [3.8, 4) is 0 Å². The molecule has 1 saturated heterocycles. The maximum atomic E-state index is 12.9. The molecular weight excluding hydrogens is 320 g/mol. The van der Waals surface area contributed by atoms with Crippen LogP contribution in [-0.4, -0.2) is 73.5 Å². The first-order valence-corrected chi connectivity index (χ1v) is 9.40. The zero-order valence-electron chi connectivity index (χ0n) is 16.2. The zero-order chi connectivity index (χ0) is 18.4. The normalized spacial score (nSPS) is 25.5. The minimum atomic E-state index is -0.390. The molecule has 0 aliphatic carbocycles. The monoisotopic (exact) mass is 354 g/mol. The Balaban J connectivity index is 2.02. The molecule has 2 rings (SSSR count). The molecule has 0 unspecified atom stereocenters. The fourth-order valence-corrected chi connectivity index (χ4v) is 3.11. The highest BCUT2D eigenvalue weighted by atomic mass is 16.7. The van der Waals surface area contributed by atoms with E-state index in [1.807, 2.05) is 11.0 Å². The van der Waals surface area contributed by atoms with Crippen LogP contribution in [0.25, 0.3) is 0 Å². The van der Waals surface area contributed by atoms with Crippen molar-refractivity contribution in [2.24, 2.45) is 11.3 Å². The first kappa shape index (κ1) is 20.2. The maximum Gasteiger partial charge on any atom is 0.288 e. The minimum absolute atomic E-state index is 0.0222. The van der Waals surface area contributed by atoms with Gasteiger partial charge in [0.2, 0.25) is 6.29 Å². The molecule has 25 heavy (non-hydrogen) atoms. The van der Waals surface area contributed by atoms with Gasteiger partial charge in [-0.15, -0.1) is 0 Å². The zero-order valence-corrected chi connectivity index (χ0v) is 16.2. The fourth-order valence-electron chi connectivity index (χ4n) is 3.11. The van der Waals surface area contributed by atoms with Gasteiger partial charge >= 0.3 is 0 Å². The SMILES string of the molecule is CN1CCN(C(=O)C2=C[C@@H](C(C)(C)C)C[C@@H](OCCCCO)O2)CC1. The molecule has 0 radical (unpaired) electrons. The number of likely N-dealkylation sites (N-methyl/N-ethyl adjacent to an activating group) is 1. The number of nitrogens with zero attached hydrogens (tertiary/aromatic N) is 2. The number of carbonyl (C=O) groups is 1. The number of unbranched alkanes of at least 4 members (excludes halogenated alkanes) is 1. The lowest BCUT2D eigenvalue weighted by Crippen LogP contribution is -2.48. The smallest absolute Gasteiger partial charge is 0.288 e. The van der Waals surface area contributed by atoms with Crippen molar-refractivity contribution in [3.05, 3.63) is 11.8 Å². The highest BCUT2D eigenvalue weighted by Crippen LogP contribution is 2.36. The third-order valence-electron chi connectivity index (χ3n) is 5.03. The van der Waals surface area contributed by atoms with Crippen LogP contribution < -0.4 is 0 Å². The largest absolute Gasteiger partial charge is 0.459 e. The van der Waals surface area contributed by atoms with Gasteiger partial charge in [-0.05, 0) is 37.3 Å². The summed E-state index contributed by atoms with van der Waals surface area (Å²) in [5.41, 5.74) is 0.0458. The molecule has 2 aliphatic heterocycles. The molecule has 2 heterocycles. The second-order valence-electron chi connectivity index (χ2n) is 8.18. The predicted octanol–water partition coefficient (Wildman–Crippen LogP) is 1.84. The van der Waals surface area contributed by atoms with Crippen molar-refractivity contribution >= 4 is 5.91 Å². The van der Waals surface area contributed by atoms with Crippen molar-refractivity contribution in [2.45, 2.75) is 46.3 Å². The predicted molar refractivity (Wildman–Crippen MR) is 96.9 cm³/mol. The Kier molecular flexibility index (Phi) is 7.28. The van der Waals surface area contributed by atoms with Gasteiger partial charge in [0.1, 0.15) is 0 Å². The first-order valence-electron chi connectivity index (χ1n) is 9.40. The third-order valence-corrected chi connectivity index (χ3v) is 5.03. The molecule has 6 nitrogen and oxygen atoms in total. The summed E-state index contributed by atoms with van der Waals surface area (Å²) in [5.74, 6) is 0.643. The molecule has 2 aliphatic rings. The Bertz CT molecular complexity index is 465. The summed E-state index contributed by atoms with van der Waals surface area (Å²) in [7, 11) is 2.07. The van der Waals surface area contributed by atoms with Crippen molar-refractivity contribution < 1.29 is 19.4 Å². The van der Waals surface area contributed by atoms with Crippen LogP contribution in [0, 0.1) is 11.3 Å². The van der Waals surface area contributed by atoms with Crippen molar-refractivity contribution in [1.29, 1.82) is 0 Å². The van der Waals surface area contributed by atoms with Gasteiger partial charge in [0.15, 0.2) is 5.76 Å². The lowest BCUT2D eigenvalue weighted by molar-refractivity contribution is -0.159. The van der Waals surface area contributed by atoms with Crippen LogP contribution in [0.2, 0.25) is 0 Å². The summed E-state index contributed by atoms with van der Waals surface area (Å²) in [4.78, 5) is 17.0. The number of aliphatic hydroxyl groups is 1. The summed E-state index contributed by atoms with van der Waals surface area (Å²) >= 11 is 0. The van der Waals surface area contributed by atoms with Gasteiger partial charge in [0, 0.05) is 39.2 Å². The van der Waals surface area contributed by atoms with Gasteiger partial charge < -0.3 is 24.4 Å². The molecule has 1 N–H and O–H groups in total. The van der Waals surface area contributed by atoms with E-state index in [1.165, 1.54) is 0 Å². The Morgan fingerprint density at radius 1 is 1.28 bits per heavy atom. The molecule has 0 saturated carbocycles. The van der Waals surface area contributed by atoms with Crippen LogP contribution in [0.3, 0.4) is 0 Å². The summed E-state index contributed by atoms with van der Waals surface area (Å²) in [6.07, 6.45) is 3.87. The molecule has 0 bridgehead atoms. The van der Waals surface area contributed by atoms with E-state index in [9.17, 15) is 4.79 Å². The van der Waals surface area contributed by atoms with E-state index in [0.29, 0.717) is 12.4 Å². The second-order valence-corrected chi connectivity index (χ2v) is 8.18. The van der Waals surface area contributed by atoms with Crippen LogP contribution in [0.1, 0.15) is 40.0 Å². The number of hydrogen-bond donors (Lipinski definition) is 1. The second kappa shape index (κ2) is 9.01. The number of carbonyl (C=O) groups excluding carboxylic acids is 1. The quantitative estimate of drug-likeness (QED) is 0.738. The van der Waals surface area contributed by atoms with Crippen LogP contribution >= 0.6 is 0 Å². The van der Waals surface area contributed by atoms with Gasteiger partial charge in [-0.2, -0.15) is 0 Å². The lowest BCUT2D eigenvalue weighted by atomic mass is 9.77. The third kappa shape index (κ3) is 5.97. The highest BCUT2D eigenvalue weighted by molar-refractivity contribution is 5.91. The first-order chi connectivity index (χ1) is 11.8. The fraction of sp³-hybridized carbons (Fsp3) is 0.842. The molecule has 1 amide bonds. The lowest BCUT2D eigenvalue weighted by Gasteiger charge is -2.38. The Labute approximate surface area is 151 Å². The standard InChI is InChI=1S/C19H34N2O4/c1-19(2,3)15-13-16(18(23)21-9-7-20(4)8-10-21)25-17(14-15)24-12-6-5-11-22/h13,15,17,22H,5-12,14H2,1-4H3/t15-,17+/m1/s1. The van der Waals surface area contributed by atoms with E-state index in [2.05, 4.69) is 32.7 Å². The summed E-state index contributed by atoms with van der Waals surface area (Å²) in [6, 6.07) is 0. The Morgan fingerprint density at radius 2 is 1.96 bits per heavy atom. The van der Waals surface area contributed by atoms with Gasteiger partial charge in [-0.1, -0.05) is 20.8 Å². The number of hydrogen-bond acceptors (Lipinski definition) is 5. The molecule has 2 atom stereocenters. The molecule has 0 aromatic rings. The average Bonchev–Trinajstić information content (AvgIpc) is 2.58. The number of aliphatic hydroxyl groups excluding tert-OH is 1. The average molecular weight is 354 g/mol. The minimum Gasteiger partial charge on any atom is -0.459 e.